The molecule has 0 aliphatic rings. The maximum absolute atomic E-state index is 12.3. The lowest BCUT2D eigenvalue weighted by Crippen LogP contribution is -3.15. The Kier molecular flexibility index (Phi) is 7.90. The summed E-state index contributed by atoms with van der Waals surface area (Å²) in [6.45, 7) is 2.50. The van der Waals surface area contributed by atoms with Gasteiger partial charge in [0.1, 0.15) is 0 Å². The van der Waals surface area contributed by atoms with Crippen molar-refractivity contribution in [2.45, 2.75) is 19.4 Å². The molecule has 0 saturated carbocycles. The van der Waals surface area contributed by atoms with Crippen LogP contribution in [0, 0.1) is 0 Å². The molecule has 3 N–H and O–H groups in total. The lowest BCUT2D eigenvalue weighted by molar-refractivity contribution is -0.885. The van der Waals surface area contributed by atoms with E-state index in [2.05, 4.69) is 10.6 Å². The first-order valence-electron chi connectivity index (χ1n) is 8.24. The summed E-state index contributed by atoms with van der Waals surface area (Å²) in [6, 6.07) is 8.70. The summed E-state index contributed by atoms with van der Waals surface area (Å²) in [7, 11) is 1.80. The molecule has 1 unspecified atom stereocenters. The highest BCUT2D eigenvalue weighted by atomic mass is 35.5. The van der Waals surface area contributed by atoms with Gasteiger partial charge < -0.3 is 15.5 Å². The van der Waals surface area contributed by atoms with Gasteiger partial charge in [-0.2, -0.15) is 0 Å². The molecule has 2 atom stereocenters. The second-order valence-corrected chi connectivity index (χ2v) is 7.86. The van der Waals surface area contributed by atoms with E-state index in [1.165, 1.54) is 4.88 Å². The molecule has 8 heteroatoms. The van der Waals surface area contributed by atoms with Gasteiger partial charge in [-0.25, -0.2) is 0 Å². The molecule has 1 aromatic heterocycles. The van der Waals surface area contributed by atoms with E-state index in [0.717, 1.165) is 11.3 Å². The number of quaternary nitrogens is 1. The number of anilines is 1. The van der Waals surface area contributed by atoms with Gasteiger partial charge in [0.2, 0.25) is 0 Å². The summed E-state index contributed by atoms with van der Waals surface area (Å²) in [5.41, 5.74) is 0.390. The smallest absolute Gasteiger partial charge is 0.279 e. The van der Waals surface area contributed by atoms with Crippen LogP contribution in [0.2, 0.25) is 10.0 Å². The molecular formula is C18H22Cl2N3O2S+. The van der Waals surface area contributed by atoms with E-state index >= 15 is 0 Å². The van der Waals surface area contributed by atoms with Crippen LogP contribution in [-0.4, -0.2) is 38.0 Å². The topological polar surface area (TPSA) is 62.6 Å². The summed E-state index contributed by atoms with van der Waals surface area (Å²) >= 11 is 13.8. The molecule has 140 valence electrons. The van der Waals surface area contributed by atoms with Gasteiger partial charge in [0.25, 0.3) is 11.8 Å². The predicted molar refractivity (Wildman–Crippen MR) is 107 cm³/mol. The molecule has 1 heterocycles. The van der Waals surface area contributed by atoms with Crippen LogP contribution in [0.5, 0.6) is 0 Å². The zero-order valence-corrected chi connectivity index (χ0v) is 17.0. The van der Waals surface area contributed by atoms with Crippen molar-refractivity contribution in [2.75, 3.05) is 25.5 Å². The van der Waals surface area contributed by atoms with Crippen molar-refractivity contribution in [1.29, 1.82) is 0 Å². The average molecular weight is 415 g/mol. The number of likely N-dealkylation sites (N-methyl/N-ethyl adjacent to an activating group) is 1. The van der Waals surface area contributed by atoms with E-state index in [1.54, 1.807) is 43.5 Å². The number of nitrogens with one attached hydrogen (secondary N) is 3. The van der Waals surface area contributed by atoms with Gasteiger partial charge in [0.05, 0.1) is 22.8 Å². The Hall–Kier alpha value is -1.60. The molecule has 5 nitrogen and oxygen atoms in total. The van der Waals surface area contributed by atoms with Gasteiger partial charge in [-0.15, -0.1) is 11.3 Å². The Morgan fingerprint density at radius 3 is 2.50 bits per heavy atom. The van der Waals surface area contributed by atoms with Crippen molar-refractivity contribution in [2.24, 2.45) is 0 Å². The second kappa shape index (κ2) is 9.92. The number of carbonyl (C=O) groups excluding carboxylic acids is 2. The lowest BCUT2D eigenvalue weighted by atomic mass is 10.2. The molecule has 0 saturated heterocycles. The van der Waals surface area contributed by atoms with E-state index in [1.807, 2.05) is 17.5 Å². The minimum Gasteiger partial charge on any atom is -0.351 e. The Morgan fingerprint density at radius 2 is 1.88 bits per heavy atom. The van der Waals surface area contributed by atoms with Crippen molar-refractivity contribution >= 4 is 52.0 Å². The van der Waals surface area contributed by atoms with E-state index in [0.29, 0.717) is 22.3 Å². The molecule has 2 aromatic rings. The number of halogens is 2. The van der Waals surface area contributed by atoms with Gasteiger partial charge in [-0.05, 0) is 36.9 Å². The molecule has 26 heavy (non-hydrogen) atoms. The van der Waals surface area contributed by atoms with E-state index < -0.39 is 0 Å². The predicted octanol–water partition coefficient (Wildman–Crippen LogP) is 2.26. The molecule has 2 rings (SSSR count). The Labute approximate surface area is 167 Å². The quantitative estimate of drug-likeness (QED) is 0.620. The van der Waals surface area contributed by atoms with Crippen molar-refractivity contribution in [1.82, 2.24) is 5.32 Å². The van der Waals surface area contributed by atoms with Crippen LogP contribution in [0.1, 0.15) is 11.8 Å². The largest absolute Gasteiger partial charge is 0.351 e. The van der Waals surface area contributed by atoms with Gasteiger partial charge in [0.15, 0.2) is 12.6 Å². The number of carbonyl (C=O) groups is 2. The Morgan fingerprint density at radius 1 is 1.19 bits per heavy atom. The summed E-state index contributed by atoms with van der Waals surface area (Å²) in [5, 5.41) is 8.40. The Balaban J connectivity index is 1.80. The summed E-state index contributed by atoms with van der Waals surface area (Å²) in [4.78, 5) is 26.5. The van der Waals surface area contributed by atoms with E-state index in [4.69, 9.17) is 23.2 Å². The maximum Gasteiger partial charge on any atom is 0.279 e. The molecule has 0 radical (unpaired) electrons. The summed E-state index contributed by atoms with van der Waals surface area (Å²) in [5.74, 6) is -0.335. The van der Waals surface area contributed by atoms with Crippen LogP contribution in [0.4, 0.5) is 5.69 Å². The minimum atomic E-state index is -0.356. The number of para-hydroxylation sites is 1. The Bertz CT molecular complexity index is 733. The molecule has 0 aliphatic heterocycles. The molecule has 0 fully saturated rings. The van der Waals surface area contributed by atoms with E-state index in [-0.39, 0.29) is 24.4 Å². The fourth-order valence-corrected chi connectivity index (χ4v) is 3.55. The third-order valence-corrected chi connectivity index (χ3v) is 5.62. The van der Waals surface area contributed by atoms with Crippen molar-refractivity contribution < 1.29 is 14.5 Å². The third-order valence-electron chi connectivity index (χ3n) is 4.05. The first-order valence-corrected chi connectivity index (χ1v) is 9.88. The third kappa shape index (κ3) is 5.99. The second-order valence-electron chi connectivity index (χ2n) is 6.01. The van der Waals surface area contributed by atoms with Gasteiger partial charge in [0, 0.05) is 11.4 Å². The summed E-state index contributed by atoms with van der Waals surface area (Å²) < 4.78 is 0. The number of rotatable bonds is 8. The lowest BCUT2D eigenvalue weighted by Gasteiger charge is -2.21. The first kappa shape index (κ1) is 20.7. The number of thiophene rings is 1. The highest BCUT2D eigenvalue weighted by Crippen LogP contribution is 2.29. The summed E-state index contributed by atoms with van der Waals surface area (Å²) in [6.07, 6.45) is 0.806. The zero-order chi connectivity index (χ0) is 19.1. The number of benzene rings is 1. The van der Waals surface area contributed by atoms with Crippen LogP contribution >= 0.6 is 34.5 Å². The van der Waals surface area contributed by atoms with Crippen molar-refractivity contribution in [3.63, 3.8) is 0 Å². The minimum absolute atomic E-state index is 0.0809. The van der Waals surface area contributed by atoms with Crippen molar-refractivity contribution in [3.8, 4) is 0 Å². The van der Waals surface area contributed by atoms with E-state index in [9.17, 15) is 9.59 Å². The van der Waals surface area contributed by atoms with Crippen LogP contribution in [0.3, 0.4) is 0 Å². The van der Waals surface area contributed by atoms with Crippen LogP contribution < -0.4 is 15.5 Å². The molecule has 1 aromatic carbocycles. The standard InChI is InChI=1S/C18H21Cl2N3O2S/c1-12(18(25)21-9-8-13-5-4-10-26-13)23(2)11-16(24)22-17-14(19)6-3-7-15(17)20/h3-7,10,12H,8-9,11H2,1-2H3,(H,21,25)(H,22,24)/p+1/t12-/m1/s1. The van der Waals surface area contributed by atoms with Crippen molar-refractivity contribution in [3.05, 3.63) is 50.6 Å². The number of amides is 2. The molecular weight excluding hydrogens is 393 g/mol. The highest BCUT2D eigenvalue weighted by Gasteiger charge is 2.24. The SMILES string of the molecule is C[C@H](C(=O)NCCc1cccs1)[NH+](C)CC(=O)Nc1c(Cl)cccc1Cl. The fourth-order valence-electron chi connectivity index (χ4n) is 2.35. The molecule has 2 amide bonds. The van der Waals surface area contributed by atoms with Crippen LogP contribution in [0.15, 0.2) is 35.7 Å². The van der Waals surface area contributed by atoms with Crippen LogP contribution in [0.25, 0.3) is 0 Å². The first-order chi connectivity index (χ1) is 12.4. The number of hydrogen-bond donors (Lipinski definition) is 3. The highest BCUT2D eigenvalue weighted by molar-refractivity contribution is 7.09. The van der Waals surface area contributed by atoms with Crippen LogP contribution in [-0.2, 0) is 16.0 Å². The zero-order valence-electron chi connectivity index (χ0n) is 14.6. The normalized spacial score (nSPS) is 13.1. The van der Waals surface area contributed by atoms with Gasteiger partial charge in [-0.1, -0.05) is 35.3 Å². The molecule has 0 bridgehead atoms. The molecule has 0 spiro atoms. The maximum atomic E-state index is 12.3. The fraction of sp³-hybridized carbons (Fsp3) is 0.333. The van der Waals surface area contributed by atoms with Gasteiger partial charge in [-0.3, -0.25) is 9.59 Å². The monoisotopic (exact) mass is 414 g/mol. The van der Waals surface area contributed by atoms with Gasteiger partial charge >= 0.3 is 0 Å². The average Bonchev–Trinajstić information content (AvgIpc) is 3.10. The molecule has 0 aliphatic carbocycles. The number of hydrogen-bond acceptors (Lipinski definition) is 3.